The molecule has 3 aromatic rings. The van der Waals surface area contributed by atoms with E-state index < -0.39 is 0 Å². The van der Waals surface area contributed by atoms with Gasteiger partial charge in [-0.1, -0.05) is 20.3 Å². The fraction of sp³-hybridized carbons (Fsp3) is 0.316. The van der Waals surface area contributed by atoms with Gasteiger partial charge in [-0.05, 0) is 37.1 Å². The molecule has 0 bridgehead atoms. The fourth-order valence-electron chi connectivity index (χ4n) is 2.59. The molecule has 7 heteroatoms. The lowest BCUT2D eigenvalue weighted by Crippen LogP contribution is -2.14. The summed E-state index contributed by atoms with van der Waals surface area (Å²) in [4.78, 5) is 22.3. The number of carbonyl (C=O) groups excluding carboxylic acids is 1. The predicted molar refractivity (Wildman–Crippen MR) is 99.7 cm³/mol. The van der Waals surface area contributed by atoms with Gasteiger partial charge < -0.3 is 9.73 Å². The van der Waals surface area contributed by atoms with E-state index in [1.54, 1.807) is 12.1 Å². The number of rotatable bonds is 7. The molecule has 0 radical (unpaired) electrons. The summed E-state index contributed by atoms with van der Waals surface area (Å²) in [7, 11) is 0. The fourth-order valence-corrected chi connectivity index (χ4v) is 3.55. The quantitative estimate of drug-likeness (QED) is 0.655. The van der Waals surface area contributed by atoms with Crippen molar-refractivity contribution in [3.8, 4) is 11.5 Å². The summed E-state index contributed by atoms with van der Waals surface area (Å²) in [6, 6.07) is 5.85. The number of carbonyl (C=O) groups is 1. The van der Waals surface area contributed by atoms with Crippen molar-refractivity contribution in [1.29, 1.82) is 0 Å². The maximum atomic E-state index is 13.0. The van der Waals surface area contributed by atoms with Crippen LogP contribution in [0.1, 0.15) is 36.5 Å². The van der Waals surface area contributed by atoms with Gasteiger partial charge in [-0.2, -0.15) is 0 Å². The third-order valence-electron chi connectivity index (χ3n) is 3.82. The molecule has 1 amide bonds. The van der Waals surface area contributed by atoms with Crippen molar-refractivity contribution < 1.29 is 13.6 Å². The van der Waals surface area contributed by atoms with Crippen molar-refractivity contribution in [3.05, 3.63) is 52.6 Å². The SMILES string of the molecule is CCCc1nc(NC(=O)Cc2coc(-c3ccc(F)cc3)n2)sc1CC. The van der Waals surface area contributed by atoms with Crippen LogP contribution in [0.5, 0.6) is 0 Å². The summed E-state index contributed by atoms with van der Waals surface area (Å²) in [5, 5.41) is 3.46. The Morgan fingerprint density at radius 2 is 2.00 bits per heavy atom. The zero-order valence-electron chi connectivity index (χ0n) is 14.7. The van der Waals surface area contributed by atoms with E-state index in [-0.39, 0.29) is 18.1 Å². The number of halogens is 1. The Balaban J connectivity index is 1.64. The van der Waals surface area contributed by atoms with Crippen LogP contribution in [0.15, 0.2) is 34.9 Å². The van der Waals surface area contributed by atoms with Crippen LogP contribution >= 0.6 is 11.3 Å². The third-order valence-corrected chi connectivity index (χ3v) is 4.97. The Labute approximate surface area is 155 Å². The minimum absolute atomic E-state index is 0.0921. The summed E-state index contributed by atoms with van der Waals surface area (Å²) in [6.07, 6.45) is 4.39. The number of aromatic nitrogens is 2. The van der Waals surface area contributed by atoms with Gasteiger partial charge in [-0.25, -0.2) is 14.4 Å². The number of nitrogens with one attached hydrogen (secondary N) is 1. The molecule has 1 N–H and O–H groups in total. The van der Waals surface area contributed by atoms with Crippen LogP contribution in [0.4, 0.5) is 9.52 Å². The topological polar surface area (TPSA) is 68.0 Å². The van der Waals surface area contributed by atoms with E-state index in [1.807, 2.05) is 0 Å². The molecule has 0 aliphatic carbocycles. The number of oxazole rings is 1. The molecule has 3 rings (SSSR count). The number of hydrogen-bond acceptors (Lipinski definition) is 5. The molecular formula is C19H20FN3O2S. The largest absolute Gasteiger partial charge is 0.444 e. The monoisotopic (exact) mass is 373 g/mol. The van der Waals surface area contributed by atoms with Crippen LogP contribution < -0.4 is 5.32 Å². The second-order valence-corrected chi connectivity index (χ2v) is 6.95. The van der Waals surface area contributed by atoms with E-state index in [0.717, 1.165) is 25.0 Å². The molecule has 0 saturated carbocycles. The van der Waals surface area contributed by atoms with E-state index in [0.29, 0.717) is 22.3 Å². The number of amides is 1. The first-order valence-electron chi connectivity index (χ1n) is 8.57. The molecular weight excluding hydrogens is 353 g/mol. The average molecular weight is 373 g/mol. The molecule has 2 aromatic heterocycles. The highest BCUT2D eigenvalue weighted by atomic mass is 32.1. The van der Waals surface area contributed by atoms with Gasteiger partial charge in [0.05, 0.1) is 17.8 Å². The maximum absolute atomic E-state index is 13.0. The Morgan fingerprint density at radius 3 is 2.69 bits per heavy atom. The predicted octanol–water partition coefficient (Wildman–Crippen LogP) is 4.63. The summed E-state index contributed by atoms with van der Waals surface area (Å²) in [5.41, 5.74) is 2.24. The minimum Gasteiger partial charge on any atom is -0.444 e. The molecule has 5 nitrogen and oxygen atoms in total. The second-order valence-electron chi connectivity index (χ2n) is 5.87. The molecule has 2 heterocycles. The lowest BCUT2D eigenvalue weighted by molar-refractivity contribution is -0.115. The van der Waals surface area contributed by atoms with Crippen LogP contribution in [0.2, 0.25) is 0 Å². The number of nitrogens with zero attached hydrogens (tertiary/aromatic N) is 2. The normalized spacial score (nSPS) is 10.9. The number of benzene rings is 1. The summed E-state index contributed by atoms with van der Waals surface area (Å²) in [6.45, 7) is 4.20. The number of anilines is 1. The van der Waals surface area contributed by atoms with Crippen molar-refractivity contribution in [1.82, 2.24) is 9.97 Å². The van der Waals surface area contributed by atoms with E-state index >= 15 is 0 Å². The van der Waals surface area contributed by atoms with Crippen LogP contribution in [-0.2, 0) is 24.1 Å². The smallest absolute Gasteiger partial charge is 0.232 e. The molecule has 0 aliphatic rings. The van der Waals surface area contributed by atoms with E-state index in [1.165, 1.54) is 34.6 Å². The van der Waals surface area contributed by atoms with Crippen molar-refractivity contribution in [2.24, 2.45) is 0 Å². The number of aryl methyl sites for hydroxylation is 2. The molecule has 0 spiro atoms. The first-order valence-corrected chi connectivity index (χ1v) is 9.39. The zero-order valence-corrected chi connectivity index (χ0v) is 15.5. The highest BCUT2D eigenvalue weighted by Crippen LogP contribution is 2.25. The third kappa shape index (κ3) is 4.35. The Kier molecular flexibility index (Phi) is 5.78. The van der Waals surface area contributed by atoms with E-state index in [2.05, 4.69) is 29.1 Å². The summed E-state index contributed by atoms with van der Waals surface area (Å²) < 4.78 is 18.4. The number of hydrogen-bond donors (Lipinski definition) is 1. The molecule has 1 aromatic carbocycles. The lowest BCUT2D eigenvalue weighted by atomic mass is 10.2. The number of thiazole rings is 1. The maximum Gasteiger partial charge on any atom is 0.232 e. The van der Waals surface area contributed by atoms with Gasteiger partial charge in [0.1, 0.15) is 12.1 Å². The molecule has 0 atom stereocenters. The molecule has 26 heavy (non-hydrogen) atoms. The molecule has 0 unspecified atom stereocenters. The Bertz CT molecular complexity index is 887. The van der Waals surface area contributed by atoms with Crippen LogP contribution in [0.25, 0.3) is 11.5 Å². The van der Waals surface area contributed by atoms with Crippen molar-refractivity contribution in [2.45, 2.75) is 39.5 Å². The van der Waals surface area contributed by atoms with Crippen LogP contribution in [-0.4, -0.2) is 15.9 Å². The summed E-state index contributed by atoms with van der Waals surface area (Å²) >= 11 is 1.52. The van der Waals surface area contributed by atoms with Gasteiger partial charge in [0, 0.05) is 10.4 Å². The Morgan fingerprint density at radius 1 is 1.23 bits per heavy atom. The first-order chi connectivity index (χ1) is 12.6. The average Bonchev–Trinajstić information content (AvgIpc) is 3.23. The zero-order chi connectivity index (χ0) is 18.5. The van der Waals surface area contributed by atoms with Gasteiger partial charge in [-0.3, -0.25) is 4.79 Å². The minimum atomic E-state index is -0.322. The molecule has 136 valence electrons. The highest BCUT2D eigenvalue weighted by molar-refractivity contribution is 7.15. The van der Waals surface area contributed by atoms with E-state index in [9.17, 15) is 9.18 Å². The van der Waals surface area contributed by atoms with Gasteiger partial charge in [0.2, 0.25) is 11.8 Å². The van der Waals surface area contributed by atoms with Crippen molar-refractivity contribution >= 4 is 22.4 Å². The van der Waals surface area contributed by atoms with E-state index in [4.69, 9.17) is 4.42 Å². The van der Waals surface area contributed by atoms with Gasteiger partial charge in [0.25, 0.3) is 0 Å². The Hall–Kier alpha value is -2.54. The first kappa shape index (κ1) is 18.3. The van der Waals surface area contributed by atoms with Gasteiger partial charge in [0.15, 0.2) is 5.13 Å². The molecule has 0 saturated heterocycles. The van der Waals surface area contributed by atoms with Crippen LogP contribution in [0.3, 0.4) is 0 Å². The molecule has 0 aliphatic heterocycles. The van der Waals surface area contributed by atoms with Crippen molar-refractivity contribution in [3.63, 3.8) is 0 Å². The van der Waals surface area contributed by atoms with Crippen LogP contribution in [0, 0.1) is 5.82 Å². The van der Waals surface area contributed by atoms with Gasteiger partial charge in [-0.15, -0.1) is 11.3 Å². The van der Waals surface area contributed by atoms with Gasteiger partial charge >= 0.3 is 0 Å². The highest BCUT2D eigenvalue weighted by Gasteiger charge is 2.14. The van der Waals surface area contributed by atoms with Crippen molar-refractivity contribution in [2.75, 3.05) is 5.32 Å². The standard InChI is InChI=1S/C19H20FN3O2S/c1-3-5-15-16(4-2)26-19(22-15)23-17(24)10-14-11-25-18(21-14)12-6-8-13(20)9-7-12/h6-9,11H,3-5,10H2,1-2H3,(H,22,23,24). The lowest BCUT2D eigenvalue weighted by Gasteiger charge is -1.98. The molecule has 0 fully saturated rings. The second kappa shape index (κ2) is 8.23. The summed E-state index contributed by atoms with van der Waals surface area (Å²) in [5.74, 6) is -0.152.